The number of ether oxygens (including phenoxy) is 1. The fourth-order valence-electron chi connectivity index (χ4n) is 3.78. The van der Waals surface area contributed by atoms with Gasteiger partial charge in [0.1, 0.15) is 22.5 Å². The Kier molecular flexibility index (Phi) is 7.14. The van der Waals surface area contributed by atoms with Gasteiger partial charge in [0.2, 0.25) is 15.9 Å². The number of carbonyl (C=O) groups is 2. The molecule has 4 rings (SSSR count). The quantitative estimate of drug-likeness (QED) is 0.410. The number of hydrogen-bond donors (Lipinski definition) is 0. The van der Waals surface area contributed by atoms with Gasteiger partial charge in [-0.05, 0) is 60.2 Å². The predicted molar refractivity (Wildman–Crippen MR) is 129 cm³/mol. The van der Waals surface area contributed by atoms with E-state index in [-0.39, 0.29) is 33.6 Å². The summed E-state index contributed by atoms with van der Waals surface area (Å²) in [5.74, 6) is -1.26. The summed E-state index contributed by atoms with van der Waals surface area (Å²) in [6.45, 7) is -0.300. The fraction of sp³-hybridized carbons (Fsp3) is 0.167. The maximum atomic E-state index is 13.8. The first-order valence-electron chi connectivity index (χ1n) is 10.3. The van der Waals surface area contributed by atoms with Gasteiger partial charge in [-0.25, -0.2) is 17.7 Å². The number of sulfonamides is 1. The molecular weight excluding hydrogens is 518 g/mol. The minimum Gasteiger partial charge on any atom is -0.497 e. The largest absolute Gasteiger partial charge is 0.497 e. The number of anilines is 1. The average molecular weight is 537 g/mol. The molecule has 1 unspecified atom stereocenters. The number of benzene rings is 3. The second kappa shape index (κ2) is 9.94. The molecular formula is C24H19Cl2FN2O5S. The molecule has 0 aromatic heterocycles. The lowest BCUT2D eigenvalue weighted by molar-refractivity contribution is -0.122. The maximum Gasteiger partial charge on any atom is 0.252 e. The van der Waals surface area contributed by atoms with Crippen molar-refractivity contribution < 1.29 is 27.1 Å². The number of halogens is 3. The minimum atomic E-state index is -4.42. The Morgan fingerprint density at radius 2 is 1.69 bits per heavy atom. The van der Waals surface area contributed by atoms with E-state index in [1.807, 2.05) is 0 Å². The van der Waals surface area contributed by atoms with Gasteiger partial charge >= 0.3 is 0 Å². The van der Waals surface area contributed by atoms with Crippen LogP contribution in [0, 0.1) is 5.82 Å². The molecule has 0 N–H and O–H groups in total. The molecule has 2 amide bonds. The molecule has 1 atom stereocenters. The highest BCUT2D eigenvalue weighted by atomic mass is 35.5. The molecule has 7 nitrogen and oxygen atoms in total. The van der Waals surface area contributed by atoms with Gasteiger partial charge in [-0.15, -0.1) is 0 Å². The summed E-state index contributed by atoms with van der Waals surface area (Å²) in [6.07, 6.45) is -0.385. The van der Waals surface area contributed by atoms with Crippen molar-refractivity contribution in [3.05, 3.63) is 88.2 Å². The molecule has 0 saturated carbocycles. The standard InChI is InChI=1S/C24H19Cl2FN2O5S/c1-34-19-9-7-18(8-10-19)29-23(30)13-21(24(29)31)28(14-15-2-5-17(27)6-3-15)35(32,33)22-12-16(25)4-11-20(22)26/h2-12,21H,13-14H2,1H3. The van der Waals surface area contributed by atoms with E-state index in [0.29, 0.717) is 11.3 Å². The van der Waals surface area contributed by atoms with Crippen molar-refractivity contribution in [3.63, 3.8) is 0 Å². The summed E-state index contributed by atoms with van der Waals surface area (Å²) in [4.78, 5) is 27.0. The normalized spacial score (nSPS) is 16.3. The van der Waals surface area contributed by atoms with Crippen molar-refractivity contribution in [1.29, 1.82) is 0 Å². The zero-order chi connectivity index (χ0) is 25.3. The molecule has 1 fully saturated rings. The lowest BCUT2D eigenvalue weighted by Gasteiger charge is -2.27. The molecule has 1 aliphatic rings. The van der Waals surface area contributed by atoms with Crippen LogP contribution in [0.15, 0.2) is 71.6 Å². The number of methoxy groups -OCH3 is 1. The third-order valence-electron chi connectivity index (χ3n) is 5.53. The summed E-state index contributed by atoms with van der Waals surface area (Å²) in [5, 5.41) is 0.0330. The van der Waals surface area contributed by atoms with E-state index in [1.165, 1.54) is 61.7 Å². The van der Waals surface area contributed by atoms with Crippen LogP contribution in [0.3, 0.4) is 0 Å². The molecule has 1 saturated heterocycles. The SMILES string of the molecule is COc1ccc(N2C(=O)CC(N(Cc3ccc(F)cc3)S(=O)(=O)c3cc(Cl)ccc3Cl)C2=O)cc1. The Labute approximate surface area is 211 Å². The summed E-state index contributed by atoms with van der Waals surface area (Å²) in [6, 6.07) is 14.0. The summed E-state index contributed by atoms with van der Waals surface area (Å²) in [7, 11) is -2.93. The molecule has 3 aromatic rings. The number of hydrogen-bond acceptors (Lipinski definition) is 5. The molecule has 3 aromatic carbocycles. The number of amides is 2. The van der Waals surface area contributed by atoms with Crippen LogP contribution in [0.2, 0.25) is 10.0 Å². The highest BCUT2D eigenvalue weighted by molar-refractivity contribution is 7.89. The molecule has 35 heavy (non-hydrogen) atoms. The number of carbonyl (C=O) groups excluding carboxylic acids is 2. The maximum absolute atomic E-state index is 13.8. The highest BCUT2D eigenvalue weighted by Crippen LogP contribution is 2.34. The zero-order valence-corrected chi connectivity index (χ0v) is 20.6. The van der Waals surface area contributed by atoms with Gasteiger partial charge in [0.05, 0.1) is 24.2 Å². The monoisotopic (exact) mass is 536 g/mol. The first kappa shape index (κ1) is 25.1. The van der Waals surface area contributed by atoms with Crippen LogP contribution < -0.4 is 9.64 Å². The van der Waals surface area contributed by atoms with Crippen molar-refractivity contribution in [2.45, 2.75) is 23.9 Å². The van der Waals surface area contributed by atoms with E-state index < -0.39 is 33.7 Å². The zero-order valence-electron chi connectivity index (χ0n) is 18.3. The van der Waals surface area contributed by atoms with Crippen LogP contribution in [0.4, 0.5) is 10.1 Å². The van der Waals surface area contributed by atoms with E-state index in [0.717, 1.165) is 9.21 Å². The van der Waals surface area contributed by atoms with Gasteiger partial charge in [-0.1, -0.05) is 35.3 Å². The van der Waals surface area contributed by atoms with Crippen LogP contribution in [0.1, 0.15) is 12.0 Å². The average Bonchev–Trinajstić information content (AvgIpc) is 3.13. The highest BCUT2D eigenvalue weighted by Gasteiger charge is 2.47. The molecule has 11 heteroatoms. The predicted octanol–water partition coefficient (Wildman–Crippen LogP) is 4.66. The van der Waals surface area contributed by atoms with Crippen LogP contribution in [-0.4, -0.2) is 37.7 Å². The molecule has 0 bridgehead atoms. The Hall–Kier alpha value is -2.98. The minimum absolute atomic E-state index is 0.0951. The lowest BCUT2D eigenvalue weighted by Crippen LogP contribution is -2.45. The third kappa shape index (κ3) is 5.04. The number of imide groups is 1. The first-order chi connectivity index (χ1) is 16.6. The van der Waals surface area contributed by atoms with E-state index in [1.54, 1.807) is 12.1 Å². The Morgan fingerprint density at radius 1 is 1.03 bits per heavy atom. The molecule has 182 valence electrons. The topological polar surface area (TPSA) is 84.0 Å². The van der Waals surface area contributed by atoms with E-state index in [2.05, 4.69) is 0 Å². The van der Waals surface area contributed by atoms with Gasteiger partial charge in [0.15, 0.2) is 0 Å². The van der Waals surface area contributed by atoms with E-state index >= 15 is 0 Å². The van der Waals surface area contributed by atoms with Gasteiger partial charge in [0.25, 0.3) is 5.91 Å². The molecule has 0 spiro atoms. The van der Waals surface area contributed by atoms with Gasteiger partial charge in [-0.2, -0.15) is 4.31 Å². The van der Waals surface area contributed by atoms with Crippen molar-refractivity contribution in [2.24, 2.45) is 0 Å². The Bertz CT molecular complexity index is 1380. The van der Waals surface area contributed by atoms with Crippen LogP contribution in [0.5, 0.6) is 5.75 Å². The molecule has 0 radical (unpaired) electrons. The summed E-state index contributed by atoms with van der Waals surface area (Å²) < 4.78 is 47.0. The Morgan fingerprint density at radius 3 is 2.31 bits per heavy atom. The fourth-order valence-corrected chi connectivity index (χ4v) is 6.09. The van der Waals surface area contributed by atoms with Crippen molar-refractivity contribution in [3.8, 4) is 5.75 Å². The molecule has 1 heterocycles. The molecule has 1 aliphatic heterocycles. The van der Waals surface area contributed by atoms with Crippen LogP contribution in [-0.2, 0) is 26.2 Å². The third-order valence-corrected chi connectivity index (χ3v) is 8.10. The number of nitrogens with zero attached hydrogens (tertiary/aromatic N) is 2. The molecule has 0 aliphatic carbocycles. The van der Waals surface area contributed by atoms with Crippen LogP contribution >= 0.6 is 23.2 Å². The smallest absolute Gasteiger partial charge is 0.252 e. The number of rotatable bonds is 7. The van der Waals surface area contributed by atoms with Crippen LogP contribution in [0.25, 0.3) is 0 Å². The van der Waals surface area contributed by atoms with Crippen molar-refractivity contribution in [1.82, 2.24) is 4.31 Å². The van der Waals surface area contributed by atoms with E-state index in [9.17, 15) is 22.4 Å². The lowest BCUT2D eigenvalue weighted by atomic mass is 10.2. The van der Waals surface area contributed by atoms with E-state index in [4.69, 9.17) is 27.9 Å². The van der Waals surface area contributed by atoms with Gasteiger partial charge < -0.3 is 4.74 Å². The van der Waals surface area contributed by atoms with Gasteiger partial charge in [0, 0.05) is 11.6 Å². The second-order valence-corrected chi connectivity index (χ2v) is 10.4. The summed E-state index contributed by atoms with van der Waals surface area (Å²) in [5.41, 5.74) is 0.694. The first-order valence-corrected chi connectivity index (χ1v) is 12.5. The van der Waals surface area contributed by atoms with Crippen molar-refractivity contribution in [2.75, 3.05) is 12.0 Å². The second-order valence-electron chi connectivity index (χ2n) is 7.74. The summed E-state index contributed by atoms with van der Waals surface area (Å²) >= 11 is 12.2. The Balaban J connectivity index is 1.77. The van der Waals surface area contributed by atoms with Crippen molar-refractivity contribution >= 4 is 50.7 Å². The van der Waals surface area contributed by atoms with Gasteiger partial charge in [-0.3, -0.25) is 9.59 Å².